The van der Waals surface area contributed by atoms with Crippen molar-refractivity contribution >= 4 is 11.6 Å². The molecule has 112 valence electrons. The second-order valence-corrected chi connectivity index (χ2v) is 5.03. The van der Waals surface area contributed by atoms with Gasteiger partial charge in [-0.05, 0) is 35.4 Å². The molecule has 0 aliphatic rings. The highest BCUT2D eigenvalue weighted by molar-refractivity contribution is 6.32. The van der Waals surface area contributed by atoms with Crippen molar-refractivity contribution in [1.82, 2.24) is 0 Å². The fourth-order valence-electron chi connectivity index (χ4n) is 2.10. The molecular weight excluding hydrogens is 292 g/mol. The van der Waals surface area contributed by atoms with E-state index in [0.717, 1.165) is 5.56 Å². The summed E-state index contributed by atoms with van der Waals surface area (Å²) < 4.78 is 10.4. The van der Waals surface area contributed by atoms with Crippen molar-refractivity contribution in [2.75, 3.05) is 14.2 Å². The molecule has 0 aliphatic heterocycles. The molecule has 1 atom stereocenters. The first-order chi connectivity index (χ1) is 10.0. The third-order valence-electron chi connectivity index (χ3n) is 3.21. The Morgan fingerprint density at radius 1 is 1.10 bits per heavy atom. The van der Waals surface area contributed by atoms with Gasteiger partial charge >= 0.3 is 0 Å². The van der Waals surface area contributed by atoms with Crippen LogP contribution in [0.2, 0.25) is 5.02 Å². The number of aromatic hydroxyl groups is 1. The van der Waals surface area contributed by atoms with Gasteiger partial charge < -0.3 is 19.7 Å². The largest absolute Gasteiger partial charge is 0.508 e. The minimum atomic E-state index is -0.730. The first kappa shape index (κ1) is 15.5. The Morgan fingerprint density at radius 2 is 1.76 bits per heavy atom. The Balaban J connectivity index is 2.24. The Labute approximate surface area is 128 Å². The lowest BCUT2D eigenvalue weighted by molar-refractivity contribution is 0.178. The molecule has 0 amide bonds. The summed E-state index contributed by atoms with van der Waals surface area (Å²) in [5, 5.41) is 20.0. The van der Waals surface area contributed by atoms with Crippen LogP contribution >= 0.6 is 11.6 Å². The van der Waals surface area contributed by atoms with Crippen LogP contribution in [0, 0.1) is 0 Å². The van der Waals surface area contributed by atoms with E-state index in [9.17, 15) is 10.2 Å². The van der Waals surface area contributed by atoms with E-state index in [0.29, 0.717) is 28.5 Å². The highest BCUT2D eigenvalue weighted by atomic mass is 35.5. The van der Waals surface area contributed by atoms with Crippen LogP contribution in [0.3, 0.4) is 0 Å². The highest BCUT2D eigenvalue weighted by Crippen LogP contribution is 2.38. The lowest BCUT2D eigenvalue weighted by Crippen LogP contribution is -2.03. The van der Waals surface area contributed by atoms with E-state index >= 15 is 0 Å². The first-order valence-electron chi connectivity index (χ1n) is 6.42. The second kappa shape index (κ2) is 6.70. The van der Waals surface area contributed by atoms with E-state index in [4.69, 9.17) is 21.1 Å². The predicted molar refractivity (Wildman–Crippen MR) is 81.3 cm³/mol. The van der Waals surface area contributed by atoms with E-state index in [1.807, 2.05) is 0 Å². The van der Waals surface area contributed by atoms with Crippen molar-refractivity contribution in [1.29, 1.82) is 0 Å². The van der Waals surface area contributed by atoms with Gasteiger partial charge in [-0.15, -0.1) is 0 Å². The van der Waals surface area contributed by atoms with Crippen molar-refractivity contribution < 1.29 is 19.7 Å². The molecule has 21 heavy (non-hydrogen) atoms. The zero-order valence-electron chi connectivity index (χ0n) is 11.8. The summed E-state index contributed by atoms with van der Waals surface area (Å²) in [7, 11) is 3.03. The number of aliphatic hydroxyl groups is 1. The van der Waals surface area contributed by atoms with Crippen molar-refractivity contribution in [2.24, 2.45) is 0 Å². The number of ether oxygens (including phenoxy) is 2. The normalized spacial score (nSPS) is 12.0. The van der Waals surface area contributed by atoms with Crippen LogP contribution in [0.1, 0.15) is 17.2 Å². The average Bonchev–Trinajstić information content (AvgIpc) is 2.48. The summed E-state index contributed by atoms with van der Waals surface area (Å²) >= 11 is 6.13. The quantitative estimate of drug-likeness (QED) is 0.889. The van der Waals surface area contributed by atoms with Gasteiger partial charge in [0.1, 0.15) is 5.75 Å². The average molecular weight is 309 g/mol. The molecule has 0 aromatic heterocycles. The Kier molecular flexibility index (Phi) is 4.94. The van der Waals surface area contributed by atoms with Crippen LogP contribution in [0.5, 0.6) is 17.2 Å². The third-order valence-corrected chi connectivity index (χ3v) is 3.49. The Bertz CT molecular complexity index is 610. The SMILES string of the molecule is COc1cc(C(O)Cc2ccc(O)cc2)cc(Cl)c1OC. The molecule has 0 radical (unpaired) electrons. The number of methoxy groups -OCH3 is 2. The standard InChI is InChI=1S/C16H17ClO4/c1-20-15-9-11(8-13(17)16(15)21-2)14(19)7-10-3-5-12(18)6-4-10/h3-6,8-9,14,18-19H,7H2,1-2H3. The Morgan fingerprint density at radius 3 is 2.33 bits per heavy atom. The van der Waals surface area contributed by atoms with Gasteiger partial charge in [-0.25, -0.2) is 0 Å². The molecule has 0 heterocycles. The molecular formula is C16H17ClO4. The summed E-state index contributed by atoms with van der Waals surface area (Å²) in [6.07, 6.45) is -0.321. The zero-order chi connectivity index (χ0) is 15.4. The number of halogens is 1. The number of hydrogen-bond donors (Lipinski definition) is 2. The van der Waals surface area contributed by atoms with Crippen molar-refractivity contribution in [3.05, 3.63) is 52.5 Å². The maximum atomic E-state index is 10.3. The summed E-state index contributed by atoms with van der Waals surface area (Å²) in [5.74, 6) is 1.12. The molecule has 0 aliphatic carbocycles. The topological polar surface area (TPSA) is 58.9 Å². The lowest BCUT2D eigenvalue weighted by Gasteiger charge is -2.15. The molecule has 0 fully saturated rings. The van der Waals surface area contributed by atoms with Gasteiger partial charge in [0, 0.05) is 6.42 Å². The maximum absolute atomic E-state index is 10.3. The van der Waals surface area contributed by atoms with Crippen LogP contribution in [0.4, 0.5) is 0 Å². The molecule has 0 saturated carbocycles. The van der Waals surface area contributed by atoms with E-state index < -0.39 is 6.10 Å². The summed E-state index contributed by atoms with van der Waals surface area (Å²) in [5.41, 5.74) is 1.55. The smallest absolute Gasteiger partial charge is 0.179 e. The van der Waals surface area contributed by atoms with Gasteiger partial charge in [0.25, 0.3) is 0 Å². The number of aliphatic hydroxyl groups excluding tert-OH is 1. The summed E-state index contributed by atoms with van der Waals surface area (Å²) in [4.78, 5) is 0. The fraction of sp³-hybridized carbons (Fsp3) is 0.250. The van der Waals surface area contributed by atoms with E-state index in [1.54, 1.807) is 36.4 Å². The molecule has 2 aromatic carbocycles. The summed E-state index contributed by atoms with van der Waals surface area (Å²) in [6, 6.07) is 10.1. The molecule has 0 spiro atoms. The van der Waals surface area contributed by atoms with Crippen molar-refractivity contribution in [3.63, 3.8) is 0 Å². The van der Waals surface area contributed by atoms with Gasteiger partial charge in [0.15, 0.2) is 11.5 Å². The van der Waals surface area contributed by atoms with Crippen molar-refractivity contribution in [3.8, 4) is 17.2 Å². The number of hydrogen-bond acceptors (Lipinski definition) is 4. The zero-order valence-corrected chi connectivity index (χ0v) is 12.6. The molecule has 2 N–H and O–H groups in total. The molecule has 2 aromatic rings. The molecule has 0 saturated heterocycles. The number of benzene rings is 2. The molecule has 5 heteroatoms. The van der Waals surface area contributed by atoms with Gasteiger partial charge in [-0.2, -0.15) is 0 Å². The minimum Gasteiger partial charge on any atom is -0.508 e. The van der Waals surface area contributed by atoms with Crippen LogP contribution in [0.25, 0.3) is 0 Å². The van der Waals surface area contributed by atoms with E-state index in [-0.39, 0.29) is 5.75 Å². The van der Waals surface area contributed by atoms with E-state index in [1.165, 1.54) is 14.2 Å². The first-order valence-corrected chi connectivity index (χ1v) is 6.80. The van der Waals surface area contributed by atoms with Crippen molar-refractivity contribution in [2.45, 2.75) is 12.5 Å². The van der Waals surface area contributed by atoms with Gasteiger partial charge in [0.05, 0.1) is 25.3 Å². The fourth-order valence-corrected chi connectivity index (χ4v) is 2.40. The number of rotatable bonds is 5. The third kappa shape index (κ3) is 3.60. The monoisotopic (exact) mass is 308 g/mol. The summed E-state index contributed by atoms with van der Waals surface area (Å²) in [6.45, 7) is 0. The van der Waals surface area contributed by atoms with Crippen LogP contribution in [-0.4, -0.2) is 24.4 Å². The lowest BCUT2D eigenvalue weighted by atomic mass is 10.0. The maximum Gasteiger partial charge on any atom is 0.179 e. The highest BCUT2D eigenvalue weighted by Gasteiger charge is 2.16. The van der Waals surface area contributed by atoms with Crippen LogP contribution < -0.4 is 9.47 Å². The molecule has 4 nitrogen and oxygen atoms in total. The predicted octanol–water partition coefficient (Wildman–Crippen LogP) is 3.34. The van der Waals surface area contributed by atoms with Gasteiger partial charge in [0.2, 0.25) is 0 Å². The molecule has 2 rings (SSSR count). The van der Waals surface area contributed by atoms with E-state index in [2.05, 4.69) is 0 Å². The van der Waals surface area contributed by atoms with Gasteiger partial charge in [-0.3, -0.25) is 0 Å². The van der Waals surface area contributed by atoms with Crippen LogP contribution in [0.15, 0.2) is 36.4 Å². The van der Waals surface area contributed by atoms with Gasteiger partial charge in [-0.1, -0.05) is 23.7 Å². The number of phenols is 1. The molecule has 1 unspecified atom stereocenters. The number of phenolic OH excluding ortho intramolecular Hbond substituents is 1. The minimum absolute atomic E-state index is 0.197. The molecule has 0 bridgehead atoms. The Hall–Kier alpha value is -1.91. The van der Waals surface area contributed by atoms with Crippen LogP contribution in [-0.2, 0) is 6.42 Å². The second-order valence-electron chi connectivity index (χ2n) is 4.62.